The molecule has 0 aliphatic carbocycles. The van der Waals surface area contributed by atoms with Crippen molar-refractivity contribution in [2.75, 3.05) is 0 Å². The number of thiophene rings is 2. The molecule has 8 aromatic carbocycles. The van der Waals surface area contributed by atoms with E-state index in [2.05, 4.69) is 133 Å². The van der Waals surface area contributed by atoms with Crippen LogP contribution in [0.5, 0.6) is 0 Å². The molecular formula is C51H29N3OS2. The lowest BCUT2D eigenvalue weighted by Gasteiger charge is -2.11. The van der Waals surface area contributed by atoms with Crippen molar-refractivity contribution < 1.29 is 4.42 Å². The Hall–Kier alpha value is -6.99. The van der Waals surface area contributed by atoms with Gasteiger partial charge >= 0.3 is 0 Å². The summed E-state index contributed by atoms with van der Waals surface area (Å²) < 4.78 is 11.6. The molecule has 0 spiro atoms. The Morgan fingerprint density at radius 1 is 0.333 bits per heavy atom. The summed E-state index contributed by atoms with van der Waals surface area (Å²) >= 11 is 3.66. The van der Waals surface area contributed by atoms with Gasteiger partial charge in [-0.25, -0.2) is 15.0 Å². The second kappa shape index (κ2) is 12.8. The van der Waals surface area contributed by atoms with Crippen LogP contribution in [0.2, 0.25) is 0 Å². The Morgan fingerprint density at radius 2 is 0.965 bits per heavy atom. The van der Waals surface area contributed by atoms with E-state index in [0.717, 1.165) is 60.7 Å². The van der Waals surface area contributed by atoms with Crippen LogP contribution < -0.4 is 0 Å². The molecule has 4 nitrogen and oxygen atoms in total. The number of rotatable bonds is 5. The summed E-state index contributed by atoms with van der Waals surface area (Å²) in [5.74, 6) is 1.95. The van der Waals surface area contributed by atoms with Crippen LogP contribution in [0.3, 0.4) is 0 Å². The molecule has 0 aliphatic rings. The smallest absolute Gasteiger partial charge is 0.164 e. The maximum Gasteiger partial charge on any atom is 0.164 e. The zero-order valence-electron chi connectivity index (χ0n) is 30.3. The van der Waals surface area contributed by atoms with Gasteiger partial charge in [0.25, 0.3) is 0 Å². The van der Waals surface area contributed by atoms with E-state index in [9.17, 15) is 0 Å². The molecule has 0 N–H and O–H groups in total. The van der Waals surface area contributed by atoms with Gasteiger partial charge in [-0.05, 0) is 64.7 Å². The zero-order chi connectivity index (χ0) is 37.5. The first-order chi connectivity index (χ1) is 28.2. The number of para-hydroxylation sites is 1. The quantitative estimate of drug-likeness (QED) is 0.175. The fourth-order valence-electron chi connectivity index (χ4n) is 8.32. The Morgan fingerprint density at radius 3 is 1.77 bits per heavy atom. The fraction of sp³-hybridized carbons (Fsp3) is 0. The molecule has 12 aromatic rings. The van der Waals surface area contributed by atoms with E-state index in [0.29, 0.717) is 17.5 Å². The van der Waals surface area contributed by atoms with Gasteiger partial charge in [0.1, 0.15) is 11.2 Å². The van der Waals surface area contributed by atoms with Crippen LogP contribution in [0, 0.1) is 0 Å². The largest absolute Gasteiger partial charge is 0.456 e. The van der Waals surface area contributed by atoms with Crippen LogP contribution in [0.4, 0.5) is 0 Å². The summed E-state index contributed by atoms with van der Waals surface area (Å²) in [7, 11) is 0. The van der Waals surface area contributed by atoms with Crippen molar-refractivity contribution in [1.29, 1.82) is 0 Å². The molecule has 6 heteroatoms. The summed E-state index contributed by atoms with van der Waals surface area (Å²) in [6, 6.07) is 62.0. The predicted molar refractivity (Wildman–Crippen MR) is 240 cm³/mol. The van der Waals surface area contributed by atoms with Crippen LogP contribution in [0.15, 0.2) is 180 Å². The molecule has 4 aromatic heterocycles. The second-order valence-electron chi connectivity index (χ2n) is 14.3. The Bertz CT molecular complexity index is 3470. The summed E-state index contributed by atoms with van der Waals surface area (Å²) in [5, 5.41) is 7.14. The minimum Gasteiger partial charge on any atom is -0.456 e. The van der Waals surface area contributed by atoms with E-state index in [-0.39, 0.29) is 0 Å². The molecule has 0 fully saturated rings. The number of furan rings is 1. The number of nitrogens with zero attached hydrogens (tertiary/aromatic N) is 3. The molecule has 0 aliphatic heterocycles. The van der Waals surface area contributed by atoms with Crippen LogP contribution in [0.25, 0.3) is 119 Å². The van der Waals surface area contributed by atoms with Crippen molar-refractivity contribution >= 4 is 85.0 Å². The first-order valence-corrected chi connectivity index (χ1v) is 20.6. The van der Waals surface area contributed by atoms with Gasteiger partial charge in [-0.15, -0.1) is 22.7 Å². The van der Waals surface area contributed by atoms with Gasteiger partial charge in [-0.1, -0.05) is 133 Å². The van der Waals surface area contributed by atoms with Crippen LogP contribution in [0.1, 0.15) is 0 Å². The maximum absolute atomic E-state index is 6.65. The molecule has 4 heterocycles. The molecular weight excluding hydrogens is 735 g/mol. The SMILES string of the molecule is c1ccc(-c2nc(-c3ccccc3)nc(-c3cccc4sc5c(-c6cc(-c7ccc8sc9ccccc9c8c7)c7c(c6)oc6ccccc67)cccc5c34)n2)cc1. The van der Waals surface area contributed by atoms with Crippen molar-refractivity contribution in [3.05, 3.63) is 176 Å². The second-order valence-corrected chi connectivity index (χ2v) is 16.4. The number of aromatic nitrogens is 3. The van der Waals surface area contributed by atoms with Crippen molar-refractivity contribution in [3.63, 3.8) is 0 Å². The molecule has 0 unspecified atom stereocenters. The topological polar surface area (TPSA) is 51.8 Å². The molecule has 0 saturated carbocycles. The lowest BCUT2D eigenvalue weighted by atomic mass is 9.93. The van der Waals surface area contributed by atoms with Crippen molar-refractivity contribution in [1.82, 2.24) is 15.0 Å². The molecule has 0 bridgehead atoms. The normalized spacial score (nSPS) is 11.9. The van der Waals surface area contributed by atoms with Crippen LogP contribution >= 0.6 is 22.7 Å². The number of hydrogen-bond acceptors (Lipinski definition) is 6. The molecule has 12 rings (SSSR count). The third-order valence-electron chi connectivity index (χ3n) is 10.9. The standard InChI is InChI=1S/C51H29N3OS2/c1-3-13-30(14-4-1)49-52-50(31-15-5-2-6-16-31)54-51(53-49)38-21-12-24-45-47(38)37-20-11-19-34(48(37)57-45)33-28-39(46-36-18-7-9-22-41(36)55-42(46)29-33)32-25-26-44-40(27-32)35-17-8-10-23-43(35)56-44/h1-29H. The monoisotopic (exact) mass is 763 g/mol. The number of hydrogen-bond donors (Lipinski definition) is 0. The fourth-order valence-corrected chi connectivity index (χ4v) is 10.7. The highest BCUT2D eigenvalue weighted by Gasteiger charge is 2.21. The maximum atomic E-state index is 6.65. The molecule has 0 radical (unpaired) electrons. The van der Waals surface area contributed by atoms with Crippen molar-refractivity contribution in [2.24, 2.45) is 0 Å². The van der Waals surface area contributed by atoms with Crippen LogP contribution in [-0.2, 0) is 0 Å². The van der Waals surface area contributed by atoms with Gasteiger partial charge in [0.2, 0.25) is 0 Å². The average molecular weight is 764 g/mol. The molecule has 0 saturated heterocycles. The zero-order valence-corrected chi connectivity index (χ0v) is 31.9. The number of benzene rings is 8. The Balaban J connectivity index is 1.08. The minimum atomic E-state index is 0.650. The summed E-state index contributed by atoms with van der Waals surface area (Å²) in [5.41, 5.74) is 9.27. The van der Waals surface area contributed by atoms with Gasteiger partial charge in [-0.3, -0.25) is 0 Å². The molecule has 0 atom stereocenters. The van der Waals surface area contributed by atoms with Gasteiger partial charge in [0.05, 0.1) is 0 Å². The van der Waals surface area contributed by atoms with Gasteiger partial charge in [0.15, 0.2) is 17.5 Å². The minimum absolute atomic E-state index is 0.650. The average Bonchev–Trinajstić information content (AvgIpc) is 3.97. The first-order valence-electron chi connectivity index (χ1n) is 18.9. The Kier molecular flexibility index (Phi) is 7.24. The van der Waals surface area contributed by atoms with Crippen molar-refractivity contribution in [2.45, 2.75) is 0 Å². The van der Waals surface area contributed by atoms with Gasteiger partial charge in [-0.2, -0.15) is 0 Å². The van der Waals surface area contributed by atoms with Crippen molar-refractivity contribution in [3.8, 4) is 56.4 Å². The summed E-state index contributed by atoms with van der Waals surface area (Å²) in [4.78, 5) is 15.2. The highest BCUT2D eigenvalue weighted by atomic mass is 32.1. The summed E-state index contributed by atoms with van der Waals surface area (Å²) in [6.45, 7) is 0. The lowest BCUT2D eigenvalue weighted by Crippen LogP contribution is -2.00. The molecule has 0 amide bonds. The first kappa shape index (κ1) is 32.3. The highest BCUT2D eigenvalue weighted by Crippen LogP contribution is 2.47. The number of fused-ring (bicyclic) bond motifs is 9. The third kappa shape index (κ3) is 5.22. The predicted octanol–water partition coefficient (Wildman–Crippen LogP) is 14.8. The van der Waals surface area contributed by atoms with E-state index in [1.807, 2.05) is 65.1 Å². The van der Waals surface area contributed by atoms with Gasteiger partial charge < -0.3 is 4.42 Å². The van der Waals surface area contributed by atoms with E-state index in [1.54, 1.807) is 0 Å². The van der Waals surface area contributed by atoms with E-state index < -0.39 is 0 Å². The lowest BCUT2D eigenvalue weighted by molar-refractivity contribution is 0.669. The van der Waals surface area contributed by atoms with E-state index in [1.165, 1.54) is 40.5 Å². The Labute approximate surface area is 335 Å². The van der Waals surface area contributed by atoms with Gasteiger partial charge in [0, 0.05) is 67.8 Å². The third-order valence-corrected chi connectivity index (χ3v) is 13.3. The van der Waals surface area contributed by atoms with Crippen LogP contribution in [-0.4, -0.2) is 15.0 Å². The summed E-state index contributed by atoms with van der Waals surface area (Å²) in [6.07, 6.45) is 0. The van der Waals surface area contributed by atoms with E-state index in [4.69, 9.17) is 19.4 Å². The molecule has 57 heavy (non-hydrogen) atoms. The van der Waals surface area contributed by atoms with E-state index >= 15 is 0 Å². The molecule has 266 valence electrons. The highest BCUT2D eigenvalue weighted by molar-refractivity contribution is 7.26.